The maximum atomic E-state index is 13.1. The molecule has 0 aromatic heterocycles. The molecule has 0 amide bonds. The third-order valence-electron chi connectivity index (χ3n) is 3.49. The van der Waals surface area contributed by atoms with E-state index in [0.717, 1.165) is 17.5 Å². The van der Waals surface area contributed by atoms with Crippen molar-refractivity contribution < 1.29 is 18.3 Å². The lowest BCUT2D eigenvalue weighted by Crippen LogP contribution is -2.06. The van der Waals surface area contributed by atoms with E-state index in [4.69, 9.17) is 4.74 Å². The molecule has 0 N–H and O–H groups in total. The van der Waals surface area contributed by atoms with Crippen LogP contribution in [-0.4, -0.2) is 12.6 Å². The van der Waals surface area contributed by atoms with E-state index >= 15 is 0 Å². The second kappa shape index (κ2) is 7.69. The second-order valence-electron chi connectivity index (χ2n) is 5.14. The Morgan fingerprint density at radius 3 is 1.82 bits per heavy atom. The molecule has 0 fully saturated rings. The highest BCUT2D eigenvalue weighted by Crippen LogP contribution is 2.29. The van der Waals surface area contributed by atoms with Crippen LogP contribution in [0.3, 0.4) is 0 Å². The molecule has 4 heteroatoms. The summed E-state index contributed by atoms with van der Waals surface area (Å²) in [6, 6.07) is 12.6. The van der Waals surface area contributed by atoms with E-state index in [1.54, 1.807) is 24.3 Å². The van der Waals surface area contributed by atoms with Crippen LogP contribution < -0.4 is 0 Å². The topological polar surface area (TPSA) is 26.3 Å². The first-order chi connectivity index (χ1) is 10.6. The summed E-state index contributed by atoms with van der Waals surface area (Å²) in [4.78, 5) is 10.8. The molecule has 2 rings (SSSR count). The Balaban J connectivity index is 2.14. The van der Waals surface area contributed by atoms with Crippen LogP contribution in [0.5, 0.6) is 0 Å². The second-order valence-corrected chi connectivity index (χ2v) is 5.14. The highest BCUT2D eigenvalue weighted by molar-refractivity contribution is 5.65. The fourth-order valence-electron chi connectivity index (χ4n) is 2.42. The molecule has 22 heavy (non-hydrogen) atoms. The van der Waals surface area contributed by atoms with Crippen molar-refractivity contribution in [2.75, 3.05) is 6.61 Å². The molecule has 116 valence electrons. The van der Waals surface area contributed by atoms with Gasteiger partial charge in [-0.05, 0) is 48.2 Å². The predicted molar refractivity (Wildman–Crippen MR) is 80.5 cm³/mol. The van der Waals surface area contributed by atoms with E-state index in [9.17, 15) is 13.6 Å². The van der Waals surface area contributed by atoms with E-state index < -0.39 is 0 Å². The zero-order valence-corrected chi connectivity index (χ0v) is 12.4. The lowest BCUT2D eigenvalue weighted by atomic mass is 9.87. The molecule has 0 saturated carbocycles. The van der Waals surface area contributed by atoms with Crippen LogP contribution in [0.2, 0.25) is 0 Å². The molecule has 0 heterocycles. The first kappa shape index (κ1) is 16.1. The van der Waals surface area contributed by atoms with Crippen LogP contribution >= 0.6 is 0 Å². The summed E-state index contributed by atoms with van der Waals surface area (Å²) in [5.74, 6) is -0.875. The van der Waals surface area contributed by atoms with E-state index in [1.807, 2.05) is 0 Å². The van der Waals surface area contributed by atoms with Crippen molar-refractivity contribution >= 4 is 5.97 Å². The number of ether oxygens (including phenoxy) is 1. The molecule has 2 aromatic rings. The normalized spacial score (nSPS) is 10.7. The number of carbonyl (C=O) groups is 1. The van der Waals surface area contributed by atoms with Crippen LogP contribution in [0, 0.1) is 11.6 Å². The van der Waals surface area contributed by atoms with Crippen molar-refractivity contribution in [2.24, 2.45) is 0 Å². The maximum Gasteiger partial charge on any atom is 0.302 e. The molecule has 0 radical (unpaired) electrons. The number of halogens is 2. The zero-order valence-electron chi connectivity index (χ0n) is 12.4. The molecular formula is C18H18F2O2. The SMILES string of the molecule is CC(=O)OCCCC(c1ccc(F)cc1)c1ccc(F)cc1. The van der Waals surface area contributed by atoms with Crippen molar-refractivity contribution in [3.63, 3.8) is 0 Å². The molecule has 0 unspecified atom stereocenters. The molecule has 0 bridgehead atoms. The first-order valence-corrected chi connectivity index (χ1v) is 7.20. The Morgan fingerprint density at radius 1 is 0.955 bits per heavy atom. The van der Waals surface area contributed by atoms with Gasteiger partial charge in [-0.1, -0.05) is 24.3 Å². The molecule has 0 atom stereocenters. The Kier molecular flexibility index (Phi) is 5.64. The van der Waals surface area contributed by atoms with E-state index in [2.05, 4.69) is 0 Å². The summed E-state index contributed by atoms with van der Waals surface area (Å²) in [6.07, 6.45) is 1.41. The van der Waals surface area contributed by atoms with Gasteiger partial charge in [-0.25, -0.2) is 8.78 Å². The third-order valence-corrected chi connectivity index (χ3v) is 3.49. The Labute approximate surface area is 128 Å². The number of benzene rings is 2. The van der Waals surface area contributed by atoms with Crippen LogP contribution in [0.25, 0.3) is 0 Å². The first-order valence-electron chi connectivity index (χ1n) is 7.20. The number of hydrogen-bond donors (Lipinski definition) is 0. The highest BCUT2D eigenvalue weighted by atomic mass is 19.1. The van der Waals surface area contributed by atoms with E-state index in [-0.39, 0.29) is 23.5 Å². The van der Waals surface area contributed by atoms with Crippen molar-refractivity contribution in [3.05, 3.63) is 71.3 Å². The minimum absolute atomic E-state index is 0.0109. The van der Waals surface area contributed by atoms with Crippen molar-refractivity contribution in [1.82, 2.24) is 0 Å². The van der Waals surface area contributed by atoms with Gasteiger partial charge in [0.25, 0.3) is 0 Å². The maximum absolute atomic E-state index is 13.1. The van der Waals surface area contributed by atoms with Gasteiger partial charge in [-0.15, -0.1) is 0 Å². The van der Waals surface area contributed by atoms with Gasteiger partial charge in [0.15, 0.2) is 0 Å². The summed E-state index contributed by atoms with van der Waals surface area (Å²) in [7, 11) is 0. The average molecular weight is 304 g/mol. The highest BCUT2D eigenvalue weighted by Gasteiger charge is 2.14. The van der Waals surface area contributed by atoms with Gasteiger partial charge >= 0.3 is 5.97 Å². The Morgan fingerprint density at radius 2 is 1.41 bits per heavy atom. The smallest absolute Gasteiger partial charge is 0.302 e. The molecular weight excluding hydrogens is 286 g/mol. The number of esters is 1. The molecule has 0 saturated heterocycles. The molecule has 0 aliphatic heterocycles. The molecule has 0 aliphatic rings. The minimum atomic E-state index is -0.305. The standard InChI is InChI=1S/C18H18F2O2/c1-13(21)22-12-2-3-18(14-4-8-16(19)9-5-14)15-6-10-17(20)11-7-15/h4-11,18H,2-3,12H2,1H3. The van der Waals surface area contributed by atoms with Gasteiger partial charge in [0, 0.05) is 12.8 Å². The van der Waals surface area contributed by atoms with Crippen LogP contribution in [0.15, 0.2) is 48.5 Å². The number of rotatable bonds is 6. The Bertz CT molecular complexity index is 560. The lowest BCUT2D eigenvalue weighted by Gasteiger charge is -2.18. The summed E-state index contributed by atoms with van der Waals surface area (Å²) >= 11 is 0. The lowest BCUT2D eigenvalue weighted by molar-refractivity contribution is -0.141. The number of hydrogen-bond acceptors (Lipinski definition) is 2. The quantitative estimate of drug-likeness (QED) is 0.582. The molecule has 0 aliphatic carbocycles. The summed E-state index contributed by atoms with van der Waals surface area (Å²) < 4.78 is 31.1. The predicted octanol–water partition coefficient (Wildman–Crippen LogP) is 4.44. The molecule has 0 spiro atoms. The molecule has 2 nitrogen and oxygen atoms in total. The summed E-state index contributed by atoms with van der Waals surface area (Å²) in [5, 5.41) is 0. The summed E-state index contributed by atoms with van der Waals surface area (Å²) in [6.45, 7) is 1.71. The van der Waals surface area contributed by atoms with E-state index in [0.29, 0.717) is 13.0 Å². The minimum Gasteiger partial charge on any atom is -0.466 e. The fourth-order valence-corrected chi connectivity index (χ4v) is 2.42. The van der Waals surface area contributed by atoms with Gasteiger partial charge in [-0.3, -0.25) is 4.79 Å². The monoisotopic (exact) mass is 304 g/mol. The van der Waals surface area contributed by atoms with Gasteiger partial charge in [0.1, 0.15) is 11.6 Å². The van der Waals surface area contributed by atoms with Crippen LogP contribution in [-0.2, 0) is 9.53 Å². The van der Waals surface area contributed by atoms with Crippen molar-refractivity contribution in [2.45, 2.75) is 25.7 Å². The van der Waals surface area contributed by atoms with Crippen LogP contribution in [0.1, 0.15) is 36.8 Å². The van der Waals surface area contributed by atoms with Crippen LogP contribution in [0.4, 0.5) is 8.78 Å². The Hall–Kier alpha value is -2.23. The number of carbonyl (C=O) groups excluding carboxylic acids is 1. The summed E-state index contributed by atoms with van der Waals surface area (Å²) in [5.41, 5.74) is 1.91. The zero-order chi connectivity index (χ0) is 15.9. The van der Waals surface area contributed by atoms with Crippen molar-refractivity contribution in [3.8, 4) is 0 Å². The third kappa shape index (κ3) is 4.65. The van der Waals surface area contributed by atoms with Gasteiger partial charge < -0.3 is 4.74 Å². The van der Waals surface area contributed by atoms with Crippen molar-refractivity contribution in [1.29, 1.82) is 0 Å². The average Bonchev–Trinajstić information content (AvgIpc) is 2.50. The van der Waals surface area contributed by atoms with Gasteiger partial charge in [-0.2, -0.15) is 0 Å². The molecule has 2 aromatic carbocycles. The fraction of sp³-hybridized carbons (Fsp3) is 0.278. The largest absolute Gasteiger partial charge is 0.466 e. The van der Waals surface area contributed by atoms with Gasteiger partial charge in [0.2, 0.25) is 0 Å². The van der Waals surface area contributed by atoms with E-state index in [1.165, 1.54) is 31.2 Å². The van der Waals surface area contributed by atoms with Gasteiger partial charge in [0.05, 0.1) is 6.61 Å².